The number of carbonyl (C=O) groups excluding carboxylic acids is 4. The molecule has 5 heterocycles. The monoisotopic (exact) mass is 691 g/mol. The van der Waals surface area contributed by atoms with Crippen molar-refractivity contribution in [1.82, 2.24) is 25.2 Å². The molecular weight excluding hydrogens is 659 g/mol. The Kier molecular flexibility index (Phi) is 9.19. The molecule has 254 valence electrons. The van der Waals surface area contributed by atoms with E-state index in [1.165, 1.54) is 6.07 Å². The number of nitrogens with zero attached hydrogens (tertiary/aromatic N) is 5. The Morgan fingerprint density at radius 2 is 1.78 bits per heavy atom. The van der Waals surface area contributed by atoms with Gasteiger partial charge in [0.2, 0.25) is 11.8 Å². The van der Waals surface area contributed by atoms with E-state index >= 15 is 0 Å². The van der Waals surface area contributed by atoms with Crippen LogP contribution in [0.4, 0.5) is 11.5 Å². The van der Waals surface area contributed by atoms with Gasteiger partial charge in [-0.2, -0.15) is 0 Å². The average molecular weight is 692 g/mol. The van der Waals surface area contributed by atoms with Gasteiger partial charge >= 0.3 is 0 Å². The Bertz CT molecular complexity index is 2100. The standard InChI is InChI=1S/C36H33N7O6S/c1-42(2)30-12-7-21(19-39-30)25-9-6-22(20-38-25)34-40-26-10-8-23(18-29(26)50-34)37-14-15-48-16-17-49-28-5-3-4-24-32(28)36(47)43(35(24)46)27-11-13-31(44)41-33(27)45/h3-10,12,18-20,27,37H,11,13-17H2,1-2H3,(H,41,44,45). The molecule has 5 aromatic rings. The molecule has 4 amide bonds. The van der Waals surface area contributed by atoms with Gasteiger partial charge in [-0.15, -0.1) is 11.3 Å². The maximum Gasteiger partial charge on any atom is 0.266 e. The van der Waals surface area contributed by atoms with Gasteiger partial charge in [-0.05, 0) is 61.0 Å². The third-order valence-electron chi connectivity index (χ3n) is 8.39. The van der Waals surface area contributed by atoms with Crippen molar-refractivity contribution < 1.29 is 28.7 Å². The van der Waals surface area contributed by atoms with E-state index in [0.717, 1.165) is 48.5 Å². The molecule has 0 aliphatic carbocycles. The van der Waals surface area contributed by atoms with Crippen molar-refractivity contribution in [3.63, 3.8) is 0 Å². The number of carbonyl (C=O) groups is 4. The zero-order valence-corrected chi connectivity index (χ0v) is 28.2. The Balaban J connectivity index is 0.884. The predicted molar refractivity (Wildman–Crippen MR) is 188 cm³/mol. The smallest absolute Gasteiger partial charge is 0.266 e. The Morgan fingerprint density at radius 1 is 0.940 bits per heavy atom. The molecule has 14 heteroatoms. The number of piperidine rings is 1. The highest BCUT2D eigenvalue weighted by molar-refractivity contribution is 7.21. The van der Waals surface area contributed by atoms with E-state index in [-0.39, 0.29) is 42.9 Å². The van der Waals surface area contributed by atoms with Gasteiger partial charge in [-0.1, -0.05) is 6.07 Å². The number of hydrogen-bond acceptors (Lipinski definition) is 12. The molecule has 7 rings (SSSR count). The maximum absolute atomic E-state index is 13.2. The fraction of sp³-hybridized carbons (Fsp3) is 0.250. The highest BCUT2D eigenvalue weighted by atomic mass is 32.1. The summed E-state index contributed by atoms with van der Waals surface area (Å²) in [5.74, 6) is -1.13. The minimum atomic E-state index is -1.03. The molecule has 2 aromatic carbocycles. The molecule has 0 radical (unpaired) electrons. The van der Waals surface area contributed by atoms with Crippen molar-refractivity contribution in [2.45, 2.75) is 18.9 Å². The summed E-state index contributed by atoms with van der Waals surface area (Å²) in [6, 6.07) is 17.7. The molecule has 1 atom stereocenters. The number of pyridine rings is 2. The summed E-state index contributed by atoms with van der Waals surface area (Å²) in [7, 11) is 3.91. The number of aromatic nitrogens is 3. The van der Waals surface area contributed by atoms with E-state index < -0.39 is 29.7 Å². The maximum atomic E-state index is 13.2. The number of fused-ring (bicyclic) bond motifs is 2. The normalized spacial score (nSPS) is 15.7. The third-order valence-corrected chi connectivity index (χ3v) is 9.46. The molecule has 2 N–H and O–H groups in total. The lowest BCUT2D eigenvalue weighted by atomic mass is 10.0. The van der Waals surface area contributed by atoms with Crippen LogP contribution in [-0.2, 0) is 14.3 Å². The number of imide groups is 2. The Morgan fingerprint density at radius 3 is 2.54 bits per heavy atom. The fourth-order valence-corrected chi connectivity index (χ4v) is 6.83. The number of benzene rings is 2. The molecule has 50 heavy (non-hydrogen) atoms. The lowest BCUT2D eigenvalue weighted by Gasteiger charge is -2.27. The number of anilines is 2. The van der Waals surface area contributed by atoms with Gasteiger partial charge in [0.1, 0.15) is 29.2 Å². The van der Waals surface area contributed by atoms with E-state index in [2.05, 4.69) is 26.7 Å². The van der Waals surface area contributed by atoms with Crippen molar-refractivity contribution >= 4 is 56.7 Å². The quantitative estimate of drug-likeness (QED) is 0.141. The van der Waals surface area contributed by atoms with Crippen LogP contribution in [0.1, 0.15) is 33.6 Å². The average Bonchev–Trinajstić information content (AvgIpc) is 3.66. The molecule has 3 aromatic heterocycles. The molecule has 13 nitrogen and oxygen atoms in total. The summed E-state index contributed by atoms with van der Waals surface area (Å²) in [4.78, 5) is 66.9. The summed E-state index contributed by atoms with van der Waals surface area (Å²) in [6.07, 6.45) is 3.81. The largest absolute Gasteiger partial charge is 0.490 e. The number of ether oxygens (including phenoxy) is 2. The van der Waals surface area contributed by atoms with E-state index in [4.69, 9.17) is 14.5 Å². The molecule has 0 spiro atoms. The molecule has 1 unspecified atom stereocenters. The van der Waals surface area contributed by atoms with Crippen molar-refractivity contribution in [2.75, 3.05) is 50.7 Å². The first-order valence-corrected chi connectivity index (χ1v) is 16.9. The molecule has 1 fully saturated rings. The lowest BCUT2D eigenvalue weighted by molar-refractivity contribution is -0.136. The second kappa shape index (κ2) is 14.0. The van der Waals surface area contributed by atoms with Crippen LogP contribution in [0, 0.1) is 0 Å². The Hall–Kier alpha value is -5.73. The van der Waals surface area contributed by atoms with Crippen LogP contribution in [0.5, 0.6) is 5.75 Å². The summed E-state index contributed by atoms with van der Waals surface area (Å²) in [6.45, 7) is 1.38. The van der Waals surface area contributed by atoms with Crippen LogP contribution >= 0.6 is 11.3 Å². The first-order chi connectivity index (χ1) is 24.3. The molecule has 2 aliphatic heterocycles. The van der Waals surface area contributed by atoms with Gasteiger partial charge in [0.05, 0.1) is 40.3 Å². The van der Waals surface area contributed by atoms with E-state index in [9.17, 15) is 19.2 Å². The van der Waals surface area contributed by atoms with Crippen molar-refractivity contribution in [3.05, 3.63) is 84.2 Å². The topological polar surface area (TPSA) is 156 Å². The zero-order chi connectivity index (χ0) is 34.8. The number of nitrogens with one attached hydrogen (secondary N) is 2. The zero-order valence-electron chi connectivity index (χ0n) is 27.3. The van der Waals surface area contributed by atoms with Crippen LogP contribution < -0.4 is 20.3 Å². The number of amides is 4. The number of thiazole rings is 1. The summed E-state index contributed by atoms with van der Waals surface area (Å²) in [5, 5.41) is 6.45. The molecule has 0 saturated carbocycles. The Labute approximate surface area is 291 Å². The minimum absolute atomic E-state index is 0.0556. The van der Waals surface area contributed by atoms with Crippen LogP contribution in [0.15, 0.2) is 73.1 Å². The number of hydrogen-bond donors (Lipinski definition) is 2. The van der Waals surface area contributed by atoms with Gasteiger partial charge in [0, 0.05) is 56.3 Å². The van der Waals surface area contributed by atoms with E-state index in [1.54, 1.807) is 23.5 Å². The lowest BCUT2D eigenvalue weighted by Crippen LogP contribution is -2.54. The molecule has 1 saturated heterocycles. The van der Waals surface area contributed by atoms with Crippen LogP contribution in [0.3, 0.4) is 0 Å². The summed E-state index contributed by atoms with van der Waals surface area (Å²) < 4.78 is 12.6. The van der Waals surface area contributed by atoms with Crippen LogP contribution in [0.2, 0.25) is 0 Å². The molecular formula is C36H33N7O6S. The van der Waals surface area contributed by atoms with Crippen LogP contribution in [0.25, 0.3) is 32.0 Å². The summed E-state index contributed by atoms with van der Waals surface area (Å²) in [5.41, 5.74) is 4.88. The summed E-state index contributed by atoms with van der Waals surface area (Å²) >= 11 is 1.60. The first-order valence-electron chi connectivity index (χ1n) is 16.1. The first kappa shape index (κ1) is 32.8. The van der Waals surface area contributed by atoms with Gasteiger partial charge in [-0.25, -0.2) is 9.97 Å². The molecule has 2 aliphatic rings. The third kappa shape index (κ3) is 6.62. The van der Waals surface area contributed by atoms with Gasteiger partial charge in [0.25, 0.3) is 11.8 Å². The highest BCUT2D eigenvalue weighted by Gasteiger charge is 2.46. The number of rotatable bonds is 12. The highest BCUT2D eigenvalue weighted by Crippen LogP contribution is 2.34. The van der Waals surface area contributed by atoms with Gasteiger partial charge in [-0.3, -0.25) is 34.4 Å². The second-order valence-corrected chi connectivity index (χ2v) is 13.0. The minimum Gasteiger partial charge on any atom is -0.490 e. The van der Waals surface area contributed by atoms with Crippen LogP contribution in [-0.4, -0.2) is 90.0 Å². The van der Waals surface area contributed by atoms with Crippen molar-refractivity contribution in [3.8, 4) is 27.6 Å². The van der Waals surface area contributed by atoms with E-state index in [0.29, 0.717) is 13.2 Å². The second-order valence-electron chi connectivity index (χ2n) is 11.9. The van der Waals surface area contributed by atoms with Gasteiger partial charge < -0.3 is 19.7 Å². The SMILES string of the molecule is CN(C)c1ccc(-c2ccc(-c3nc4ccc(NCCOCCOc5cccc6c5C(=O)N(C5CCC(=O)NC5=O)C6=O)cc4s3)cn2)cn1. The van der Waals surface area contributed by atoms with Crippen molar-refractivity contribution in [2.24, 2.45) is 0 Å². The predicted octanol–water partition coefficient (Wildman–Crippen LogP) is 4.40. The van der Waals surface area contributed by atoms with Gasteiger partial charge in [0.15, 0.2) is 0 Å². The van der Waals surface area contributed by atoms with E-state index in [1.807, 2.05) is 67.8 Å². The fourth-order valence-electron chi connectivity index (χ4n) is 5.84. The molecule has 0 bridgehead atoms. The van der Waals surface area contributed by atoms with Crippen molar-refractivity contribution in [1.29, 1.82) is 0 Å².